The second-order valence-corrected chi connectivity index (χ2v) is 9.33. The predicted octanol–water partition coefficient (Wildman–Crippen LogP) is 8.77. The summed E-state index contributed by atoms with van der Waals surface area (Å²) in [7, 11) is 0. The van der Waals surface area contributed by atoms with Crippen molar-refractivity contribution in [3.05, 3.63) is 95.6 Å². The van der Waals surface area contributed by atoms with E-state index >= 15 is 0 Å². The first-order valence-electron chi connectivity index (χ1n) is 12.0. The monoisotopic (exact) mass is 396 g/mol. The van der Waals surface area contributed by atoms with Crippen LogP contribution in [0.1, 0.15) is 80.9 Å². The zero-order valence-electron chi connectivity index (χ0n) is 18.7. The van der Waals surface area contributed by atoms with Crippen LogP contribution in [-0.4, -0.2) is 0 Å². The van der Waals surface area contributed by atoms with Crippen LogP contribution in [0.15, 0.2) is 78.9 Å². The molecule has 1 fully saturated rings. The lowest BCUT2D eigenvalue weighted by Gasteiger charge is -2.30. The van der Waals surface area contributed by atoms with Crippen molar-refractivity contribution >= 4 is 0 Å². The van der Waals surface area contributed by atoms with Crippen molar-refractivity contribution < 1.29 is 0 Å². The van der Waals surface area contributed by atoms with Gasteiger partial charge in [0.25, 0.3) is 0 Å². The Morgan fingerprint density at radius 3 is 1.93 bits per heavy atom. The minimum absolute atomic E-state index is 0.677. The van der Waals surface area contributed by atoms with Gasteiger partial charge in [-0.2, -0.15) is 0 Å². The fourth-order valence-electron chi connectivity index (χ4n) is 5.25. The first kappa shape index (κ1) is 20.9. The summed E-state index contributed by atoms with van der Waals surface area (Å²) in [5.74, 6) is 2.31. The van der Waals surface area contributed by atoms with E-state index in [4.69, 9.17) is 0 Å². The van der Waals surface area contributed by atoms with Crippen LogP contribution in [0.5, 0.6) is 0 Å². The van der Waals surface area contributed by atoms with Gasteiger partial charge in [-0.1, -0.05) is 99.1 Å². The van der Waals surface area contributed by atoms with Crippen molar-refractivity contribution in [1.29, 1.82) is 0 Å². The number of hydrogen-bond donors (Lipinski definition) is 0. The highest BCUT2D eigenvalue weighted by Crippen LogP contribution is 2.40. The Labute approximate surface area is 183 Å². The van der Waals surface area contributed by atoms with E-state index in [2.05, 4.69) is 92.7 Å². The Hall–Kier alpha value is -2.34. The molecule has 30 heavy (non-hydrogen) atoms. The second kappa shape index (κ2) is 10.1. The van der Waals surface area contributed by atoms with E-state index in [1.54, 1.807) is 0 Å². The molecule has 3 aromatic carbocycles. The number of hydrogen-bond acceptors (Lipinski definition) is 0. The third kappa shape index (κ3) is 5.22. The summed E-state index contributed by atoms with van der Waals surface area (Å²) in [4.78, 5) is 0. The average molecular weight is 397 g/mol. The molecule has 1 aliphatic rings. The van der Waals surface area contributed by atoms with E-state index < -0.39 is 0 Å². The van der Waals surface area contributed by atoms with Crippen LogP contribution in [-0.2, 0) is 6.42 Å². The van der Waals surface area contributed by atoms with E-state index in [0.717, 1.165) is 11.8 Å². The van der Waals surface area contributed by atoms with E-state index in [-0.39, 0.29) is 0 Å². The summed E-state index contributed by atoms with van der Waals surface area (Å²) in [6.45, 7) is 4.64. The van der Waals surface area contributed by atoms with Crippen LogP contribution in [0.3, 0.4) is 0 Å². The van der Waals surface area contributed by atoms with Gasteiger partial charge in [-0.3, -0.25) is 0 Å². The van der Waals surface area contributed by atoms with Crippen molar-refractivity contribution in [1.82, 2.24) is 0 Å². The van der Waals surface area contributed by atoms with Gasteiger partial charge in [0.1, 0.15) is 0 Å². The largest absolute Gasteiger partial charge is 0.0651 e. The molecule has 3 aromatic rings. The molecule has 1 unspecified atom stereocenters. The van der Waals surface area contributed by atoms with E-state index in [1.807, 2.05) is 0 Å². The maximum absolute atomic E-state index is 2.40. The number of rotatable bonds is 7. The van der Waals surface area contributed by atoms with Crippen LogP contribution in [0.25, 0.3) is 11.1 Å². The number of aryl methyl sites for hydroxylation is 1. The highest BCUT2D eigenvalue weighted by Gasteiger charge is 2.24. The van der Waals surface area contributed by atoms with Crippen molar-refractivity contribution in [3.63, 3.8) is 0 Å². The molecule has 0 amide bonds. The summed E-state index contributed by atoms with van der Waals surface area (Å²) in [5.41, 5.74) is 7.15. The Bertz CT molecular complexity index is 881. The molecule has 0 nitrogen and oxygen atoms in total. The fourth-order valence-corrected chi connectivity index (χ4v) is 5.25. The Morgan fingerprint density at radius 2 is 1.33 bits per heavy atom. The summed E-state index contributed by atoms with van der Waals surface area (Å²) >= 11 is 0. The molecule has 0 heterocycles. The third-order valence-electron chi connectivity index (χ3n) is 7.11. The normalized spacial score (nSPS) is 20.1. The molecule has 0 spiro atoms. The summed E-state index contributed by atoms with van der Waals surface area (Å²) in [6, 6.07) is 29.6. The minimum atomic E-state index is 0.677. The average Bonchev–Trinajstić information content (AvgIpc) is 2.81. The quantitative estimate of drug-likeness (QED) is 0.374. The van der Waals surface area contributed by atoms with E-state index in [1.165, 1.54) is 72.8 Å². The summed E-state index contributed by atoms with van der Waals surface area (Å²) in [6.07, 6.45) is 9.16. The fraction of sp³-hybridized carbons (Fsp3) is 0.400. The molecule has 156 valence electrons. The second-order valence-electron chi connectivity index (χ2n) is 9.33. The molecule has 0 bridgehead atoms. The highest BCUT2D eigenvalue weighted by molar-refractivity contribution is 5.64. The van der Waals surface area contributed by atoms with Crippen molar-refractivity contribution in [2.75, 3.05) is 0 Å². The SMILES string of the molecule is CCCc1ccc(-c2ccc(C3CCC(CC(C)c4ccccc4)CC3)cc2)cc1. The molecule has 0 N–H and O–H groups in total. The summed E-state index contributed by atoms with van der Waals surface area (Å²) in [5, 5.41) is 0. The lowest BCUT2D eigenvalue weighted by molar-refractivity contribution is 0.297. The van der Waals surface area contributed by atoms with Crippen LogP contribution in [0.2, 0.25) is 0 Å². The lowest BCUT2D eigenvalue weighted by Crippen LogP contribution is -2.15. The molecule has 1 saturated carbocycles. The lowest BCUT2D eigenvalue weighted by atomic mass is 9.75. The van der Waals surface area contributed by atoms with Gasteiger partial charge >= 0.3 is 0 Å². The Morgan fingerprint density at radius 1 is 0.733 bits per heavy atom. The van der Waals surface area contributed by atoms with Crippen LogP contribution in [0, 0.1) is 5.92 Å². The molecule has 0 heteroatoms. The Kier molecular flexibility index (Phi) is 7.05. The topological polar surface area (TPSA) is 0 Å². The molecule has 0 radical (unpaired) electrons. The molecule has 4 rings (SSSR count). The molecular weight excluding hydrogens is 360 g/mol. The minimum Gasteiger partial charge on any atom is -0.0651 e. The van der Waals surface area contributed by atoms with Gasteiger partial charge in [-0.25, -0.2) is 0 Å². The molecular formula is C30H36. The van der Waals surface area contributed by atoms with Crippen LogP contribution >= 0.6 is 0 Å². The van der Waals surface area contributed by atoms with Gasteiger partial charge < -0.3 is 0 Å². The molecule has 0 aromatic heterocycles. The Balaban J connectivity index is 1.31. The maximum atomic E-state index is 2.40. The van der Waals surface area contributed by atoms with Crippen molar-refractivity contribution in [3.8, 4) is 11.1 Å². The van der Waals surface area contributed by atoms with Crippen LogP contribution in [0.4, 0.5) is 0 Å². The zero-order chi connectivity index (χ0) is 20.8. The van der Waals surface area contributed by atoms with E-state index in [9.17, 15) is 0 Å². The molecule has 1 atom stereocenters. The van der Waals surface area contributed by atoms with Gasteiger partial charge in [0, 0.05) is 0 Å². The highest BCUT2D eigenvalue weighted by atomic mass is 14.3. The van der Waals surface area contributed by atoms with Gasteiger partial charge in [0.2, 0.25) is 0 Å². The standard InChI is InChI=1S/C30H36/c1-3-7-24-10-14-27(15-11-24)29-18-20-30(21-19-29)28-16-12-25(13-17-28)22-23(2)26-8-5-4-6-9-26/h4-6,8-11,14-15,18-21,23,25,28H,3,7,12-13,16-17,22H2,1-2H3. The first-order valence-corrected chi connectivity index (χ1v) is 12.0. The smallest absolute Gasteiger partial charge is 0.0162 e. The number of benzene rings is 3. The molecule has 0 aliphatic heterocycles. The zero-order valence-corrected chi connectivity index (χ0v) is 18.7. The van der Waals surface area contributed by atoms with Crippen LogP contribution < -0.4 is 0 Å². The summed E-state index contributed by atoms with van der Waals surface area (Å²) < 4.78 is 0. The van der Waals surface area contributed by atoms with E-state index in [0.29, 0.717) is 5.92 Å². The van der Waals surface area contributed by atoms with Crippen molar-refractivity contribution in [2.24, 2.45) is 5.92 Å². The van der Waals surface area contributed by atoms with Crippen molar-refractivity contribution in [2.45, 2.75) is 70.6 Å². The molecule has 1 aliphatic carbocycles. The third-order valence-corrected chi connectivity index (χ3v) is 7.11. The maximum Gasteiger partial charge on any atom is -0.0162 e. The van der Waals surface area contributed by atoms with Gasteiger partial charge in [0.05, 0.1) is 0 Å². The first-order chi connectivity index (χ1) is 14.7. The predicted molar refractivity (Wildman–Crippen MR) is 130 cm³/mol. The van der Waals surface area contributed by atoms with Gasteiger partial charge in [-0.05, 0) is 84.1 Å². The van der Waals surface area contributed by atoms with Gasteiger partial charge in [0.15, 0.2) is 0 Å². The van der Waals surface area contributed by atoms with Gasteiger partial charge in [-0.15, -0.1) is 0 Å². The molecule has 0 saturated heterocycles.